The molecule has 3 aromatic rings. The van der Waals surface area contributed by atoms with Crippen LogP contribution in [-0.4, -0.2) is 60.0 Å². The van der Waals surface area contributed by atoms with Crippen molar-refractivity contribution < 1.29 is 22.8 Å². The Hall–Kier alpha value is -3.15. The van der Waals surface area contributed by atoms with E-state index in [1.165, 1.54) is 15.6 Å². The molecule has 2 aromatic carbocycles. The highest BCUT2D eigenvalue weighted by molar-refractivity contribution is 7.89. The van der Waals surface area contributed by atoms with E-state index in [0.717, 1.165) is 17.7 Å². The minimum absolute atomic E-state index is 0.103. The van der Waals surface area contributed by atoms with E-state index in [4.69, 9.17) is 0 Å². The van der Waals surface area contributed by atoms with Gasteiger partial charge >= 0.3 is 0 Å². The Morgan fingerprint density at radius 3 is 2.28 bits per heavy atom. The highest BCUT2D eigenvalue weighted by Gasteiger charge is 2.34. The predicted molar refractivity (Wildman–Crippen MR) is 139 cm³/mol. The van der Waals surface area contributed by atoms with Gasteiger partial charge in [-0.25, -0.2) is 13.4 Å². The third kappa shape index (κ3) is 5.18. The minimum Gasteiger partial charge on any atom is -0.302 e. The summed E-state index contributed by atoms with van der Waals surface area (Å²) in [6, 6.07) is 11.5. The lowest BCUT2D eigenvalue weighted by Crippen LogP contribution is -2.32. The molecule has 0 saturated heterocycles. The van der Waals surface area contributed by atoms with Gasteiger partial charge in [-0.05, 0) is 49.6 Å². The summed E-state index contributed by atoms with van der Waals surface area (Å²) in [7, 11) is -3.61. The van der Waals surface area contributed by atoms with Crippen LogP contribution in [0.25, 0.3) is 10.2 Å². The topological polar surface area (TPSA) is 117 Å². The van der Waals surface area contributed by atoms with Crippen molar-refractivity contribution in [1.29, 1.82) is 0 Å². The number of thiazole rings is 1. The quantitative estimate of drug-likeness (QED) is 0.374. The molecule has 0 unspecified atom stereocenters. The number of hydrogen-bond acceptors (Lipinski definition) is 7. The molecule has 0 atom stereocenters. The van der Waals surface area contributed by atoms with Crippen molar-refractivity contribution in [3.05, 3.63) is 53.6 Å². The predicted octanol–water partition coefficient (Wildman–Crippen LogP) is 4.12. The van der Waals surface area contributed by atoms with Crippen LogP contribution in [0.15, 0.2) is 47.4 Å². The first-order chi connectivity index (χ1) is 17.3. The maximum Gasteiger partial charge on any atom is 0.261 e. The summed E-state index contributed by atoms with van der Waals surface area (Å²) >= 11 is 1.20. The van der Waals surface area contributed by atoms with Crippen LogP contribution < -0.4 is 5.32 Å². The number of carbonyl (C=O) groups is 3. The molecule has 11 heteroatoms. The van der Waals surface area contributed by atoms with E-state index in [1.54, 1.807) is 42.5 Å². The molecule has 0 bridgehead atoms. The van der Waals surface area contributed by atoms with E-state index >= 15 is 0 Å². The first-order valence-corrected chi connectivity index (χ1v) is 14.2. The average molecular weight is 529 g/mol. The lowest BCUT2D eigenvalue weighted by Gasteiger charge is -2.20. The fourth-order valence-electron chi connectivity index (χ4n) is 4.14. The van der Waals surface area contributed by atoms with Crippen molar-refractivity contribution in [2.75, 3.05) is 25.0 Å². The number of imide groups is 1. The molecule has 1 aromatic heterocycles. The molecule has 36 heavy (non-hydrogen) atoms. The van der Waals surface area contributed by atoms with Crippen molar-refractivity contribution in [2.24, 2.45) is 0 Å². The van der Waals surface area contributed by atoms with Crippen molar-refractivity contribution >= 4 is 54.4 Å². The minimum atomic E-state index is -3.61. The molecular weight excluding hydrogens is 500 g/mol. The zero-order chi connectivity index (χ0) is 25.9. The number of carbonyl (C=O) groups excluding carboxylic acids is 3. The molecule has 1 N–H and O–H groups in total. The maximum absolute atomic E-state index is 13.1. The molecular formula is C25H28N4O5S2. The second-order valence-electron chi connectivity index (χ2n) is 8.51. The standard InChI is InChI=1S/C25H28N4O5S2/c1-3-13-28(14-4-2)36(33,34)17-11-12-20-21(16-17)35-25(26-20)27-22(30)10-7-15-29-23(31)18-8-5-6-9-19(18)24(29)32/h5-6,8-9,11-12,16H,3-4,7,10,13-15H2,1-2H3,(H,26,27,30). The van der Waals surface area contributed by atoms with Crippen molar-refractivity contribution in [2.45, 2.75) is 44.4 Å². The van der Waals surface area contributed by atoms with Crippen LogP contribution in [0.5, 0.6) is 0 Å². The number of anilines is 1. The summed E-state index contributed by atoms with van der Waals surface area (Å²) in [6.07, 6.45) is 1.87. The molecule has 4 rings (SSSR count). The summed E-state index contributed by atoms with van der Waals surface area (Å²) in [5, 5.41) is 3.10. The normalized spacial score (nSPS) is 13.6. The number of fused-ring (bicyclic) bond motifs is 2. The van der Waals surface area contributed by atoms with E-state index in [2.05, 4.69) is 10.3 Å². The fraction of sp³-hybridized carbons (Fsp3) is 0.360. The van der Waals surface area contributed by atoms with Crippen LogP contribution >= 0.6 is 11.3 Å². The number of sulfonamides is 1. The van der Waals surface area contributed by atoms with Crippen LogP contribution in [0, 0.1) is 0 Å². The van der Waals surface area contributed by atoms with Crippen LogP contribution in [0.2, 0.25) is 0 Å². The zero-order valence-corrected chi connectivity index (χ0v) is 21.8. The van der Waals surface area contributed by atoms with E-state index in [0.29, 0.717) is 46.0 Å². The van der Waals surface area contributed by atoms with Gasteiger partial charge in [0.25, 0.3) is 11.8 Å². The summed E-state index contributed by atoms with van der Waals surface area (Å²) < 4.78 is 28.3. The second kappa shape index (κ2) is 10.9. The summed E-state index contributed by atoms with van der Waals surface area (Å²) in [6.45, 7) is 4.95. The van der Waals surface area contributed by atoms with Crippen molar-refractivity contribution in [3.63, 3.8) is 0 Å². The van der Waals surface area contributed by atoms with Gasteiger partial charge in [0, 0.05) is 26.1 Å². The monoisotopic (exact) mass is 528 g/mol. The van der Waals surface area contributed by atoms with E-state index < -0.39 is 10.0 Å². The lowest BCUT2D eigenvalue weighted by molar-refractivity contribution is -0.116. The van der Waals surface area contributed by atoms with E-state index in [-0.39, 0.29) is 35.6 Å². The lowest BCUT2D eigenvalue weighted by atomic mass is 10.1. The molecule has 0 fully saturated rings. The van der Waals surface area contributed by atoms with Gasteiger partial charge in [0.05, 0.1) is 26.2 Å². The Labute approximate surface area is 214 Å². The third-order valence-corrected chi connectivity index (χ3v) is 8.68. The number of nitrogens with one attached hydrogen (secondary N) is 1. The third-order valence-electron chi connectivity index (χ3n) is 5.85. The Bertz CT molecular complexity index is 1380. The van der Waals surface area contributed by atoms with Gasteiger partial charge in [-0.15, -0.1) is 0 Å². The maximum atomic E-state index is 13.1. The van der Waals surface area contributed by atoms with Crippen LogP contribution in [0.4, 0.5) is 5.13 Å². The van der Waals surface area contributed by atoms with Gasteiger partial charge in [-0.3, -0.25) is 19.3 Å². The van der Waals surface area contributed by atoms with E-state index in [1.807, 2.05) is 13.8 Å². The van der Waals surface area contributed by atoms with E-state index in [9.17, 15) is 22.8 Å². The van der Waals surface area contributed by atoms with Gasteiger partial charge in [-0.2, -0.15) is 4.31 Å². The summed E-state index contributed by atoms with van der Waals surface area (Å²) in [4.78, 5) is 43.1. The highest BCUT2D eigenvalue weighted by atomic mass is 32.2. The Balaban J connectivity index is 1.37. The first-order valence-electron chi connectivity index (χ1n) is 11.9. The van der Waals surface area contributed by atoms with Crippen LogP contribution in [-0.2, 0) is 14.8 Å². The fourth-order valence-corrected chi connectivity index (χ4v) is 6.79. The molecule has 1 aliphatic rings. The van der Waals surface area contributed by atoms with Crippen molar-refractivity contribution in [3.8, 4) is 0 Å². The molecule has 0 aliphatic carbocycles. The smallest absolute Gasteiger partial charge is 0.261 e. The summed E-state index contributed by atoms with van der Waals surface area (Å²) in [5.74, 6) is -0.982. The summed E-state index contributed by atoms with van der Waals surface area (Å²) in [5.41, 5.74) is 1.36. The SMILES string of the molecule is CCCN(CCC)S(=O)(=O)c1ccc2nc(NC(=O)CCCN3C(=O)c4ccccc4C3=O)sc2c1. The zero-order valence-electron chi connectivity index (χ0n) is 20.2. The molecule has 190 valence electrons. The molecule has 1 aliphatic heterocycles. The van der Waals surface area contributed by atoms with Gasteiger partial charge < -0.3 is 5.32 Å². The molecule has 9 nitrogen and oxygen atoms in total. The molecule has 0 radical (unpaired) electrons. The Kier molecular flexibility index (Phi) is 7.82. The van der Waals surface area contributed by atoms with Gasteiger partial charge in [0.2, 0.25) is 15.9 Å². The van der Waals surface area contributed by atoms with Gasteiger partial charge in [0.1, 0.15) is 0 Å². The highest BCUT2D eigenvalue weighted by Crippen LogP contribution is 2.30. The molecule has 3 amide bonds. The van der Waals surface area contributed by atoms with Crippen LogP contribution in [0.1, 0.15) is 60.2 Å². The number of nitrogens with zero attached hydrogens (tertiary/aromatic N) is 3. The molecule has 0 saturated carbocycles. The molecule has 0 spiro atoms. The number of amides is 3. The molecule has 2 heterocycles. The largest absolute Gasteiger partial charge is 0.302 e. The Morgan fingerprint density at radius 1 is 1.03 bits per heavy atom. The number of rotatable bonds is 11. The number of hydrogen-bond donors (Lipinski definition) is 1. The van der Waals surface area contributed by atoms with Crippen LogP contribution in [0.3, 0.4) is 0 Å². The second-order valence-corrected chi connectivity index (χ2v) is 11.5. The Morgan fingerprint density at radius 2 is 1.67 bits per heavy atom. The van der Waals surface area contributed by atoms with Gasteiger partial charge in [0.15, 0.2) is 5.13 Å². The van der Waals surface area contributed by atoms with Gasteiger partial charge in [-0.1, -0.05) is 37.3 Å². The number of benzene rings is 2. The number of aromatic nitrogens is 1. The average Bonchev–Trinajstić information content (AvgIpc) is 3.37. The van der Waals surface area contributed by atoms with Crippen molar-refractivity contribution in [1.82, 2.24) is 14.2 Å². The first kappa shape index (κ1) is 25.9.